The van der Waals surface area contributed by atoms with Crippen molar-refractivity contribution in [1.82, 2.24) is 4.57 Å². The van der Waals surface area contributed by atoms with Crippen molar-refractivity contribution in [3.63, 3.8) is 0 Å². The van der Waals surface area contributed by atoms with Crippen molar-refractivity contribution in [1.29, 1.82) is 0 Å². The Morgan fingerprint density at radius 2 is 1.77 bits per heavy atom. The summed E-state index contributed by atoms with van der Waals surface area (Å²) >= 11 is 1.24. The zero-order valence-corrected chi connectivity index (χ0v) is 22.6. The van der Waals surface area contributed by atoms with E-state index >= 15 is 0 Å². The van der Waals surface area contributed by atoms with Gasteiger partial charge in [-0.2, -0.15) is 0 Å². The second kappa shape index (κ2) is 11.2. The lowest BCUT2D eigenvalue weighted by Gasteiger charge is -2.24. The number of para-hydroxylation sites is 1. The van der Waals surface area contributed by atoms with Crippen LogP contribution in [-0.4, -0.2) is 17.1 Å². The highest BCUT2D eigenvalue weighted by molar-refractivity contribution is 7.07. The summed E-state index contributed by atoms with van der Waals surface area (Å²) in [6.07, 6.45) is 1.75. The maximum Gasteiger partial charge on any atom is 0.338 e. The molecular formula is C31H27FN2O4S. The molecule has 0 aliphatic carbocycles. The largest absolute Gasteiger partial charge is 0.488 e. The van der Waals surface area contributed by atoms with Gasteiger partial charge in [-0.3, -0.25) is 9.36 Å². The monoisotopic (exact) mass is 542 g/mol. The summed E-state index contributed by atoms with van der Waals surface area (Å²) in [5.41, 5.74) is 3.55. The number of aryl methyl sites for hydroxylation is 1. The molecule has 4 aromatic rings. The molecule has 0 unspecified atom stereocenters. The van der Waals surface area contributed by atoms with Crippen molar-refractivity contribution in [3.05, 3.63) is 132 Å². The van der Waals surface area contributed by atoms with Crippen molar-refractivity contribution in [2.24, 2.45) is 4.99 Å². The summed E-state index contributed by atoms with van der Waals surface area (Å²) in [4.78, 5) is 32.0. The summed E-state index contributed by atoms with van der Waals surface area (Å²) in [7, 11) is 0. The molecule has 0 fully saturated rings. The van der Waals surface area contributed by atoms with Gasteiger partial charge in [0.15, 0.2) is 4.80 Å². The number of ether oxygens (including phenoxy) is 2. The molecule has 8 heteroatoms. The molecule has 1 aliphatic heterocycles. The lowest BCUT2D eigenvalue weighted by Crippen LogP contribution is -2.39. The van der Waals surface area contributed by atoms with Gasteiger partial charge in [-0.25, -0.2) is 14.2 Å². The highest BCUT2D eigenvalue weighted by Crippen LogP contribution is 2.31. The van der Waals surface area contributed by atoms with E-state index in [1.54, 1.807) is 48.8 Å². The number of halogens is 1. The first-order valence-electron chi connectivity index (χ1n) is 12.6. The van der Waals surface area contributed by atoms with Crippen molar-refractivity contribution in [2.75, 3.05) is 6.61 Å². The quantitative estimate of drug-likeness (QED) is 0.314. The fourth-order valence-corrected chi connectivity index (χ4v) is 5.54. The summed E-state index contributed by atoms with van der Waals surface area (Å²) in [6, 6.07) is 20.8. The van der Waals surface area contributed by atoms with Crippen LogP contribution >= 0.6 is 11.3 Å². The minimum Gasteiger partial charge on any atom is -0.488 e. The molecule has 198 valence electrons. The van der Waals surface area contributed by atoms with Gasteiger partial charge in [-0.1, -0.05) is 77.6 Å². The summed E-state index contributed by atoms with van der Waals surface area (Å²) in [6.45, 7) is 5.75. The minimum atomic E-state index is -0.671. The Labute approximate surface area is 229 Å². The second-order valence-corrected chi connectivity index (χ2v) is 10.1. The van der Waals surface area contributed by atoms with E-state index in [9.17, 15) is 14.0 Å². The third-order valence-electron chi connectivity index (χ3n) is 6.46. The van der Waals surface area contributed by atoms with Gasteiger partial charge in [-0.05, 0) is 44.5 Å². The molecule has 0 radical (unpaired) electrons. The third-order valence-corrected chi connectivity index (χ3v) is 7.44. The molecular weight excluding hydrogens is 515 g/mol. The summed E-state index contributed by atoms with van der Waals surface area (Å²) in [5, 5.41) is 0. The van der Waals surface area contributed by atoms with Crippen LogP contribution in [0.3, 0.4) is 0 Å². The van der Waals surface area contributed by atoms with E-state index in [0.29, 0.717) is 37.5 Å². The van der Waals surface area contributed by atoms with E-state index in [1.807, 2.05) is 49.4 Å². The van der Waals surface area contributed by atoms with Crippen LogP contribution in [0.4, 0.5) is 4.39 Å². The number of aromatic nitrogens is 1. The van der Waals surface area contributed by atoms with Crippen LogP contribution in [0.1, 0.15) is 42.1 Å². The Hall–Kier alpha value is -4.30. The third kappa shape index (κ3) is 5.33. The zero-order chi connectivity index (χ0) is 27.5. The van der Waals surface area contributed by atoms with E-state index in [4.69, 9.17) is 9.47 Å². The van der Waals surface area contributed by atoms with E-state index in [1.165, 1.54) is 17.4 Å². The van der Waals surface area contributed by atoms with E-state index < -0.39 is 12.0 Å². The number of carbonyl (C=O) groups is 1. The molecule has 5 rings (SSSR count). The number of benzene rings is 3. The van der Waals surface area contributed by atoms with Gasteiger partial charge in [-0.15, -0.1) is 0 Å². The first-order valence-corrected chi connectivity index (χ1v) is 13.4. The van der Waals surface area contributed by atoms with Gasteiger partial charge in [0.2, 0.25) is 0 Å². The Kier molecular flexibility index (Phi) is 7.56. The van der Waals surface area contributed by atoms with Gasteiger partial charge in [0, 0.05) is 11.1 Å². The van der Waals surface area contributed by atoms with Gasteiger partial charge in [0.25, 0.3) is 5.56 Å². The molecule has 1 aliphatic rings. The van der Waals surface area contributed by atoms with Gasteiger partial charge in [0.1, 0.15) is 18.2 Å². The lowest BCUT2D eigenvalue weighted by atomic mass is 9.95. The fourth-order valence-electron chi connectivity index (χ4n) is 4.50. The molecule has 0 N–H and O–H groups in total. The molecule has 6 nitrogen and oxygen atoms in total. The first-order chi connectivity index (χ1) is 18.9. The van der Waals surface area contributed by atoms with Crippen LogP contribution in [-0.2, 0) is 16.1 Å². The first kappa shape index (κ1) is 26.3. The average molecular weight is 543 g/mol. The Balaban J connectivity index is 1.60. The van der Waals surface area contributed by atoms with Crippen LogP contribution in [0.2, 0.25) is 0 Å². The number of hydrogen-bond acceptors (Lipinski definition) is 6. The molecule has 39 heavy (non-hydrogen) atoms. The predicted octanol–water partition coefficient (Wildman–Crippen LogP) is 4.82. The highest BCUT2D eigenvalue weighted by atomic mass is 32.1. The van der Waals surface area contributed by atoms with Crippen LogP contribution in [0.15, 0.2) is 93.9 Å². The number of thiazole rings is 1. The molecule has 0 amide bonds. The Morgan fingerprint density at radius 3 is 2.51 bits per heavy atom. The molecule has 0 saturated carbocycles. The van der Waals surface area contributed by atoms with Crippen molar-refractivity contribution in [2.45, 2.75) is 33.4 Å². The van der Waals surface area contributed by atoms with Crippen LogP contribution in [0, 0.1) is 12.7 Å². The molecule has 1 atom stereocenters. The summed E-state index contributed by atoms with van der Waals surface area (Å²) < 4.78 is 27.4. The number of esters is 1. The van der Waals surface area contributed by atoms with Crippen LogP contribution in [0.5, 0.6) is 5.75 Å². The smallest absolute Gasteiger partial charge is 0.338 e. The van der Waals surface area contributed by atoms with Crippen molar-refractivity contribution >= 4 is 23.4 Å². The Morgan fingerprint density at radius 1 is 1.05 bits per heavy atom. The fraction of sp³-hybridized carbons (Fsp3) is 0.194. The average Bonchev–Trinajstić information content (AvgIpc) is 3.23. The Bertz CT molecular complexity index is 1750. The lowest BCUT2D eigenvalue weighted by molar-refractivity contribution is -0.139. The number of allylic oxidation sites excluding steroid dienone is 1. The van der Waals surface area contributed by atoms with Gasteiger partial charge < -0.3 is 9.47 Å². The van der Waals surface area contributed by atoms with E-state index in [2.05, 4.69) is 4.99 Å². The van der Waals surface area contributed by atoms with Crippen molar-refractivity contribution in [3.8, 4) is 5.75 Å². The van der Waals surface area contributed by atoms with E-state index in [-0.39, 0.29) is 24.6 Å². The number of nitrogens with zero attached hydrogens (tertiary/aromatic N) is 2. The molecule has 0 spiro atoms. The number of carbonyl (C=O) groups excluding carboxylic acids is 1. The molecule has 0 bridgehead atoms. The van der Waals surface area contributed by atoms with Gasteiger partial charge >= 0.3 is 5.97 Å². The van der Waals surface area contributed by atoms with E-state index in [0.717, 1.165) is 11.1 Å². The normalized spacial score (nSPS) is 15.1. The van der Waals surface area contributed by atoms with Crippen LogP contribution in [0.25, 0.3) is 6.08 Å². The maximum atomic E-state index is 14.1. The standard InChI is InChI=1S/C31H27FN2O4S/c1-4-37-30(36)27-20(3)33-31-34(28(27)21-15-13-19(2)14-16-21)29(35)26(39-31)17-22-9-6-8-12-25(22)38-18-23-10-5-7-11-24(23)32/h5-17,28H,4,18H2,1-3H3/b26-17+/t28-/m0/s1. The molecule has 3 aromatic carbocycles. The molecule has 2 heterocycles. The zero-order valence-electron chi connectivity index (χ0n) is 21.8. The maximum absolute atomic E-state index is 14.1. The SMILES string of the molecule is CCOC(=O)C1=C(C)N=c2s/c(=C/c3ccccc3OCc3ccccc3F)c(=O)n2[C@H]1c1ccc(C)cc1. The second-order valence-electron chi connectivity index (χ2n) is 9.13. The van der Waals surface area contributed by atoms with Gasteiger partial charge in [0.05, 0.1) is 28.5 Å². The van der Waals surface area contributed by atoms with Crippen molar-refractivity contribution < 1.29 is 18.7 Å². The number of fused-ring (bicyclic) bond motifs is 1. The number of hydrogen-bond donors (Lipinski definition) is 0. The highest BCUT2D eigenvalue weighted by Gasteiger charge is 2.33. The topological polar surface area (TPSA) is 69.9 Å². The predicted molar refractivity (Wildman–Crippen MR) is 149 cm³/mol. The van der Waals surface area contributed by atoms with Crippen LogP contribution < -0.4 is 19.6 Å². The molecule has 0 saturated heterocycles. The minimum absolute atomic E-state index is 0.0499. The number of rotatable bonds is 7. The summed E-state index contributed by atoms with van der Waals surface area (Å²) in [5.74, 6) is -0.317. The molecule has 1 aromatic heterocycles.